The van der Waals surface area contributed by atoms with Gasteiger partial charge in [-0.05, 0) is 32.0 Å². The average Bonchev–Trinajstić information content (AvgIpc) is 3.20. The number of halogens is 1. The van der Waals surface area contributed by atoms with Crippen molar-refractivity contribution in [1.29, 1.82) is 0 Å². The van der Waals surface area contributed by atoms with E-state index in [9.17, 15) is 0 Å². The summed E-state index contributed by atoms with van der Waals surface area (Å²) in [5, 5.41) is 12.8. The Kier molecular flexibility index (Phi) is 5.13. The predicted molar refractivity (Wildman–Crippen MR) is 121 cm³/mol. The first-order valence-electron chi connectivity index (χ1n) is 10.2. The van der Waals surface area contributed by atoms with Crippen LogP contribution in [0.3, 0.4) is 0 Å². The smallest absolute Gasteiger partial charge is 0.229 e. The van der Waals surface area contributed by atoms with Crippen LogP contribution in [0.4, 0.5) is 11.6 Å². The number of nitrogens with one attached hydrogen (secondary N) is 2. The van der Waals surface area contributed by atoms with Gasteiger partial charge in [0.05, 0.1) is 23.4 Å². The molecule has 5 rings (SSSR count). The lowest BCUT2D eigenvalue weighted by Gasteiger charge is -2.26. The number of ether oxygens (including phenoxy) is 1. The van der Waals surface area contributed by atoms with Crippen molar-refractivity contribution in [3.05, 3.63) is 58.6 Å². The highest BCUT2D eigenvalue weighted by Gasteiger charge is 2.18. The van der Waals surface area contributed by atoms with Crippen LogP contribution in [-0.4, -0.2) is 43.5 Å². The maximum absolute atomic E-state index is 6.50. The Balaban J connectivity index is 1.37. The van der Waals surface area contributed by atoms with Gasteiger partial charge in [0, 0.05) is 66.4 Å². The van der Waals surface area contributed by atoms with E-state index in [1.165, 1.54) is 0 Å². The first-order valence-corrected chi connectivity index (χ1v) is 10.6. The minimum absolute atomic E-state index is 0.289. The summed E-state index contributed by atoms with van der Waals surface area (Å²) in [6, 6.07) is 7.89. The van der Waals surface area contributed by atoms with E-state index in [2.05, 4.69) is 30.3 Å². The topological polar surface area (TPSA) is 81.8 Å². The molecule has 0 bridgehead atoms. The summed E-state index contributed by atoms with van der Waals surface area (Å²) in [6.07, 6.45) is 3.97. The number of rotatable bonds is 6. The molecule has 0 radical (unpaired) electrons. The number of hydrogen-bond donors (Lipinski definition) is 2. The number of hydrogen-bond acceptors (Lipinski definition) is 6. The van der Waals surface area contributed by atoms with Crippen LogP contribution < -0.4 is 10.6 Å². The van der Waals surface area contributed by atoms with E-state index in [0.717, 1.165) is 51.7 Å². The van der Waals surface area contributed by atoms with Crippen LogP contribution in [-0.2, 0) is 18.4 Å². The van der Waals surface area contributed by atoms with Crippen LogP contribution in [0.1, 0.15) is 17.0 Å². The van der Waals surface area contributed by atoms with Crippen molar-refractivity contribution in [2.24, 2.45) is 7.05 Å². The van der Waals surface area contributed by atoms with Gasteiger partial charge < -0.3 is 19.9 Å². The standard InChI is InChI=1S/C22H24ClN7O/c1-13-15(12-31-17-9-24-10-17)11-30(28-13)20-6-7-25-22(27-20)26-16-4-5-19-18(8-16)21(23)14(2)29(19)3/h4-8,11,17,24H,9-10,12H2,1-3H3,(H,25,26,27). The van der Waals surface area contributed by atoms with Crippen molar-refractivity contribution in [3.8, 4) is 5.82 Å². The molecule has 0 aliphatic carbocycles. The SMILES string of the molecule is Cc1nn(-c2ccnc(Nc3ccc4c(c3)c(Cl)c(C)n4C)n2)cc1COC1CNC1. The fourth-order valence-electron chi connectivity index (χ4n) is 3.61. The second-order valence-electron chi connectivity index (χ2n) is 7.83. The fraction of sp³-hybridized carbons (Fsp3) is 0.318. The molecular weight excluding hydrogens is 414 g/mol. The van der Waals surface area contributed by atoms with Gasteiger partial charge in [0.2, 0.25) is 5.95 Å². The highest BCUT2D eigenvalue weighted by atomic mass is 35.5. The Morgan fingerprint density at radius 1 is 1.26 bits per heavy atom. The lowest BCUT2D eigenvalue weighted by Crippen LogP contribution is -2.48. The third-order valence-corrected chi connectivity index (χ3v) is 6.24. The normalized spacial score (nSPS) is 14.2. The van der Waals surface area contributed by atoms with E-state index >= 15 is 0 Å². The van der Waals surface area contributed by atoms with Gasteiger partial charge in [-0.25, -0.2) is 9.67 Å². The molecule has 1 fully saturated rings. The maximum atomic E-state index is 6.50. The average molecular weight is 438 g/mol. The Labute approximate surface area is 185 Å². The highest BCUT2D eigenvalue weighted by molar-refractivity contribution is 6.36. The summed E-state index contributed by atoms with van der Waals surface area (Å²) >= 11 is 6.50. The number of fused-ring (bicyclic) bond motifs is 1. The molecule has 0 amide bonds. The van der Waals surface area contributed by atoms with Gasteiger partial charge in [0.1, 0.15) is 0 Å². The first-order chi connectivity index (χ1) is 15.0. The minimum Gasteiger partial charge on any atom is -0.371 e. The van der Waals surface area contributed by atoms with Gasteiger partial charge in [-0.3, -0.25) is 0 Å². The molecule has 9 heteroatoms. The monoisotopic (exact) mass is 437 g/mol. The largest absolute Gasteiger partial charge is 0.371 e. The lowest BCUT2D eigenvalue weighted by molar-refractivity contribution is 0.00736. The van der Waals surface area contributed by atoms with Crippen molar-refractivity contribution in [1.82, 2.24) is 29.6 Å². The molecule has 2 N–H and O–H groups in total. The van der Waals surface area contributed by atoms with Crippen molar-refractivity contribution in [3.63, 3.8) is 0 Å². The van der Waals surface area contributed by atoms with Gasteiger partial charge >= 0.3 is 0 Å². The van der Waals surface area contributed by atoms with Crippen molar-refractivity contribution >= 4 is 34.1 Å². The van der Waals surface area contributed by atoms with E-state index in [4.69, 9.17) is 16.3 Å². The van der Waals surface area contributed by atoms with E-state index in [-0.39, 0.29) is 6.10 Å². The second kappa shape index (κ2) is 7.96. The molecule has 0 unspecified atom stereocenters. The summed E-state index contributed by atoms with van der Waals surface area (Å²) in [5.41, 5.74) is 4.98. The summed E-state index contributed by atoms with van der Waals surface area (Å²) in [6.45, 7) is 6.36. The molecule has 1 saturated heterocycles. The molecule has 0 atom stereocenters. The van der Waals surface area contributed by atoms with Gasteiger partial charge in [0.15, 0.2) is 5.82 Å². The maximum Gasteiger partial charge on any atom is 0.229 e. The lowest BCUT2D eigenvalue weighted by atomic mass is 10.2. The number of nitrogens with zero attached hydrogens (tertiary/aromatic N) is 5. The molecule has 1 aliphatic rings. The molecule has 160 valence electrons. The van der Waals surface area contributed by atoms with E-state index in [1.807, 2.05) is 51.4 Å². The zero-order valence-corrected chi connectivity index (χ0v) is 18.4. The minimum atomic E-state index is 0.289. The fourth-order valence-corrected chi connectivity index (χ4v) is 3.89. The summed E-state index contributed by atoms with van der Waals surface area (Å²) < 4.78 is 9.73. The zero-order chi connectivity index (χ0) is 21.5. The van der Waals surface area contributed by atoms with E-state index < -0.39 is 0 Å². The number of aromatic nitrogens is 5. The van der Waals surface area contributed by atoms with Crippen LogP contribution >= 0.6 is 11.6 Å². The Morgan fingerprint density at radius 3 is 2.87 bits per heavy atom. The predicted octanol–water partition coefficient (Wildman–Crippen LogP) is 3.66. The summed E-state index contributed by atoms with van der Waals surface area (Å²) in [4.78, 5) is 8.99. The molecule has 3 aromatic heterocycles. The zero-order valence-electron chi connectivity index (χ0n) is 17.7. The van der Waals surface area contributed by atoms with Crippen LogP contribution in [0.25, 0.3) is 16.7 Å². The molecule has 31 heavy (non-hydrogen) atoms. The Morgan fingerprint density at radius 2 is 2.10 bits per heavy atom. The van der Waals surface area contributed by atoms with E-state index in [1.54, 1.807) is 10.9 Å². The Bertz CT molecular complexity index is 1260. The number of anilines is 2. The molecule has 8 nitrogen and oxygen atoms in total. The van der Waals surface area contributed by atoms with Gasteiger partial charge in [-0.2, -0.15) is 10.1 Å². The first kappa shape index (κ1) is 20.0. The number of aryl methyl sites for hydroxylation is 2. The molecule has 1 aromatic carbocycles. The van der Waals surface area contributed by atoms with Crippen molar-refractivity contribution in [2.45, 2.75) is 26.6 Å². The molecule has 4 heterocycles. The van der Waals surface area contributed by atoms with E-state index in [0.29, 0.717) is 18.4 Å². The molecule has 0 saturated carbocycles. The summed E-state index contributed by atoms with van der Waals surface area (Å²) in [5.74, 6) is 1.18. The molecular formula is C22H24ClN7O. The van der Waals surface area contributed by atoms with Crippen LogP contribution in [0.5, 0.6) is 0 Å². The van der Waals surface area contributed by atoms with Crippen LogP contribution in [0, 0.1) is 13.8 Å². The quantitative estimate of drug-likeness (QED) is 0.479. The third-order valence-electron chi connectivity index (χ3n) is 5.77. The van der Waals surface area contributed by atoms with Gasteiger partial charge in [-0.1, -0.05) is 11.6 Å². The van der Waals surface area contributed by atoms with Crippen LogP contribution in [0.2, 0.25) is 5.02 Å². The van der Waals surface area contributed by atoms with Crippen molar-refractivity contribution in [2.75, 3.05) is 18.4 Å². The second-order valence-corrected chi connectivity index (χ2v) is 8.21. The number of benzene rings is 1. The Hall–Kier alpha value is -2.94. The molecule has 4 aromatic rings. The van der Waals surface area contributed by atoms with Crippen LogP contribution in [0.15, 0.2) is 36.7 Å². The molecule has 0 spiro atoms. The summed E-state index contributed by atoms with van der Waals surface area (Å²) in [7, 11) is 2.01. The third kappa shape index (κ3) is 3.78. The van der Waals surface area contributed by atoms with Gasteiger partial charge in [0.25, 0.3) is 0 Å². The molecule has 1 aliphatic heterocycles. The van der Waals surface area contributed by atoms with Gasteiger partial charge in [-0.15, -0.1) is 0 Å². The van der Waals surface area contributed by atoms with Crippen molar-refractivity contribution < 1.29 is 4.74 Å². The highest BCUT2D eigenvalue weighted by Crippen LogP contribution is 2.32.